The summed E-state index contributed by atoms with van der Waals surface area (Å²) in [4.78, 5) is 12.1. The first-order valence-corrected chi connectivity index (χ1v) is 6.49. The Morgan fingerprint density at radius 3 is 2.37 bits per heavy atom. The molecule has 0 aromatic heterocycles. The fraction of sp³-hybridized carbons (Fsp3) is 0.118. The smallest absolute Gasteiger partial charge is 0.186 e. The molecule has 2 aromatic rings. The van der Waals surface area contributed by atoms with Gasteiger partial charge in [0.15, 0.2) is 5.78 Å². The number of hydrogen-bond donors (Lipinski definition) is 0. The summed E-state index contributed by atoms with van der Waals surface area (Å²) in [5.41, 5.74) is 3.87. The molecule has 0 spiro atoms. The second kappa shape index (κ2) is 5.85. The molecule has 0 bridgehead atoms. The molecule has 0 amide bonds. The van der Waals surface area contributed by atoms with Crippen molar-refractivity contribution in [2.45, 2.75) is 13.8 Å². The van der Waals surface area contributed by atoms with E-state index in [9.17, 15) is 4.79 Å². The molecule has 2 heteroatoms. The van der Waals surface area contributed by atoms with Crippen LogP contribution in [0.3, 0.4) is 0 Å². The van der Waals surface area contributed by atoms with Crippen LogP contribution in [-0.4, -0.2) is 5.78 Å². The van der Waals surface area contributed by atoms with Crippen LogP contribution in [0.2, 0.25) is 5.02 Å². The van der Waals surface area contributed by atoms with Crippen molar-refractivity contribution in [3.05, 3.63) is 75.8 Å². The standard InChI is InChI=1S/C17H15ClO/c1-12-3-9-16(13(2)11-12)17(19)10-6-14-4-7-15(18)8-5-14/h3-11H,1-2H3/b10-6+. The number of carbonyl (C=O) groups is 1. The Labute approximate surface area is 118 Å². The van der Waals surface area contributed by atoms with Gasteiger partial charge in [0.2, 0.25) is 0 Å². The summed E-state index contributed by atoms with van der Waals surface area (Å²) < 4.78 is 0. The fourth-order valence-electron chi connectivity index (χ4n) is 1.93. The number of allylic oxidation sites excluding steroid dienone is 1. The van der Waals surface area contributed by atoms with Gasteiger partial charge in [0.05, 0.1) is 0 Å². The molecule has 19 heavy (non-hydrogen) atoms. The van der Waals surface area contributed by atoms with E-state index in [1.807, 2.05) is 56.3 Å². The van der Waals surface area contributed by atoms with Crippen LogP contribution >= 0.6 is 11.6 Å². The van der Waals surface area contributed by atoms with E-state index in [4.69, 9.17) is 11.6 Å². The summed E-state index contributed by atoms with van der Waals surface area (Å²) in [6.07, 6.45) is 3.40. The number of halogens is 1. The molecule has 0 aliphatic heterocycles. The molecule has 96 valence electrons. The van der Waals surface area contributed by atoms with Crippen LogP contribution in [0.4, 0.5) is 0 Å². The Morgan fingerprint density at radius 2 is 1.74 bits per heavy atom. The molecular formula is C17H15ClO. The van der Waals surface area contributed by atoms with E-state index < -0.39 is 0 Å². The van der Waals surface area contributed by atoms with Crippen molar-refractivity contribution in [1.29, 1.82) is 0 Å². The Balaban J connectivity index is 2.18. The second-order valence-corrected chi connectivity index (χ2v) is 5.00. The number of hydrogen-bond acceptors (Lipinski definition) is 1. The van der Waals surface area contributed by atoms with Crippen molar-refractivity contribution < 1.29 is 4.79 Å². The van der Waals surface area contributed by atoms with Gasteiger partial charge in [-0.25, -0.2) is 0 Å². The van der Waals surface area contributed by atoms with Gasteiger partial charge in [-0.3, -0.25) is 4.79 Å². The van der Waals surface area contributed by atoms with Gasteiger partial charge < -0.3 is 0 Å². The predicted octanol–water partition coefficient (Wildman–Crippen LogP) is 4.85. The zero-order valence-corrected chi connectivity index (χ0v) is 11.7. The van der Waals surface area contributed by atoms with Crippen LogP contribution in [0.15, 0.2) is 48.5 Å². The molecule has 0 N–H and O–H groups in total. The van der Waals surface area contributed by atoms with Gasteiger partial charge in [0.1, 0.15) is 0 Å². The lowest BCUT2D eigenvalue weighted by Gasteiger charge is -2.02. The Morgan fingerprint density at radius 1 is 1.05 bits per heavy atom. The summed E-state index contributed by atoms with van der Waals surface area (Å²) in [5.74, 6) is 0.0208. The zero-order chi connectivity index (χ0) is 13.8. The van der Waals surface area contributed by atoms with Crippen molar-refractivity contribution >= 4 is 23.5 Å². The largest absolute Gasteiger partial charge is 0.289 e. The van der Waals surface area contributed by atoms with Gasteiger partial charge in [-0.05, 0) is 43.2 Å². The van der Waals surface area contributed by atoms with Gasteiger partial charge in [-0.2, -0.15) is 0 Å². The highest BCUT2D eigenvalue weighted by molar-refractivity contribution is 6.30. The minimum absolute atomic E-state index is 0.0208. The van der Waals surface area contributed by atoms with E-state index in [2.05, 4.69) is 0 Å². The van der Waals surface area contributed by atoms with Crippen molar-refractivity contribution in [3.63, 3.8) is 0 Å². The molecule has 2 aromatic carbocycles. The van der Waals surface area contributed by atoms with Gasteiger partial charge in [0.25, 0.3) is 0 Å². The van der Waals surface area contributed by atoms with Crippen molar-refractivity contribution in [2.75, 3.05) is 0 Å². The molecule has 0 atom stereocenters. The van der Waals surface area contributed by atoms with Gasteiger partial charge in [-0.15, -0.1) is 0 Å². The van der Waals surface area contributed by atoms with Crippen molar-refractivity contribution in [1.82, 2.24) is 0 Å². The summed E-state index contributed by atoms with van der Waals surface area (Å²) in [6.45, 7) is 3.97. The Bertz CT molecular complexity index is 624. The maximum Gasteiger partial charge on any atom is 0.186 e. The average molecular weight is 271 g/mol. The maximum atomic E-state index is 12.1. The molecule has 0 aliphatic carbocycles. The van der Waals surface area contributed by atoms with E-state index in [1.54, 1.807) is 12.2 Å². The third-order valence-corrected chi connectivity index (χ3v) is 3.20. The third-order valence-electron chi connectivity index (χ3n) is 2.94. The number of carbonyl (C=O) groups excluding carboxylic acids is 1. The summed E-state index contributed by atoms with van der Waals surface area (Å²) in [6, 6.07) is 13.2. The summed E-state index contributed by atoms with van der Waals surface area (Å²) in [7, 11) is 0. The first-order valence-electron chi connectivity index (χ1n) is 6.11. The highest BCUT2D eigenvalue weighted by atomic mass is 35.5. The maximum absolute atomic E-state index is 12.1. The van der Waals surface area contributed by atoms with Crippen LogP contribution in [0.25, 0.3) is 6.08 Å². The molecule has 0 aliphatic rings. The SMILES string of the molecule is Cc1ccc(C(=O)/C=C/c2ccc(Cl)cc2)c(C)c1. The normalized spacial score (nSPS) is 10.9. The molecule has 0 saturated carbocycles. The highest BCUT2D eigenvalue weighted by Crippen LogP contribution is 2.14. The van der Waals surface area contributed by atoms with E-state index in [0.717, 1.165) is 22.3 Å². The van der Waals surface area contributed by atoms with Gasteiger partial charge in [0, 0.05) is 10.6 Å². The molecular weight excluding hydrogens is 256 g/mol. The first-order chi connectivity index (χ1) is 9.06. The van der Waals surface area contributed by atoms with Crippen LogP contribution < -0.4 is 0 Å². The van der Waals surface area contributed by atoms with Crippen LogP contribution in [0.1, 0.15) is 27.0 Å². The number of benzene rings is 2. The number of rotatable bonds is 3. The Hall–Kier alpha value is -1.86. The zero-order valence-electron chi connectivity index (χ0n) is 11.0. The quantitative estimate of drug-likeness (QED) is 0.575. The predicted molar refractivity (Wildman–Crippen MR) is 80.7 cm³/mol. The lowest BCUT2D eigenvalue weighted by molar-refractivity contribution is 0.104. The summed E-state index contributed by atoms with van der Waals surface area (Å²) >= 11 is 5.81. The minimum atomic E-state index is 0.0208. The van der Waals surface area contributed by atoms with Crippen LogP contribution in [0, 0.1) is 13.8 Å². The van der Waals surface area contributed by atoms with E-state index >= 15 is 0 Å². The van der Waals surface area contributed by atoms with Crippen LogP contribution in [0.5, 0.6) is 0 Å². The molecule has 0 heterocycles. The van der Waals surface area contributed by atoms with Gasteiger partial charge >= 0.3 is 0 Å². The van der Waals surface area contributed by atoms with Crippen LogP contribution in [-0.2, 0) is 0 Å². The highest BCUT2D eigenvalue weighted by Gasteiger charge is 2.05. The number of aryl methyl sites for hydroxylation is 2. The minimum Gasteiger partial charge on any atom is -0.289 e. The lowest BCUT2D eigenvalue weighted by Crippen LogP contribution is -1.97. The van der Waals surface area contributed by atoms with Crippen molar-refractivity contribution in [3.8, 4) is 0 Å². The van der Waals surface area contributed by atoms with Crippen molar-refractivity contribution in [2.24, 2.45) is 0 Å². The van der Waals surface area contributed by atoms with E-state index in [-0.39, 0.29) is 5.78 Å². The fourth-order valence-corrected chi connectivity index (χ4v) is 2.05. The third kappa shape index (κ3) is 3.55. The topological polar surface area (TPSA) is 17.1 Å². The van der Waals surface area contributed by atoms with E-state index in [0.29, 0.717) is 5.02 Å². The first kappa shape index (κ1) is 13.6. The summed E-state index contributed by atoms with van der Waals surface area (Å²) in [5, 5.41) is 0.692. The molecule has 0 fully saturated rings. The average Bonchev–Trinajstić information content (AvgIpc) is 2.37. The number of ketones is 1. The second-order valence-electron chi connectivity index (χ2n) is 4.57. The molecule has 0 radical (unpaired) electrons. The molecule has 0 unspecified atom stereocenters. The van der Waals surface area contributed by atoms with Gasteiger partial charge in [-0.1, -0.05) is 53.6 Å². The van der Waals surface area contributed by atoms with E-state index in [1.165, 1.54) is 0 Å². The Kier molecular flexibility index (Phi) is 4.18. The monoisotopic (exact) mass is 270 g/mol. The molecule has 0 saturated heterocycles. The molecule has 2 rings (SSSR count). The molecule has 1 nitrogen and oxygen atoms in total. The lowest BCUT2D eigenvalue weighted by atomic mass is 10.0.